The monoisotopic (exact) mass is 1110 g/mol. The zero-order chi connectivity index (χ0) is 48.6. The van der Waals surface area contributed by atoms with Gasteiger partial charge in [0.05, 0.1) is 41.3 Å². The molecule has 0 rings (SSSR count). The number of alkyl halides is 26. The van der Waals surface area contributed by atoms with Crippen LogP contribution >= 0.6 is 0 Å². The van der Waals surface area contributed by atoms with E-state index in [9.17, 15) is 124 Å². The summed E-state index contributed by atoms with van der Waals surface area (Å²) in [4.78, 5) is 24.3. The lowest BCUT2D eigenvalue weighted by atomic mass is 9.92. The molecule has 0 aliphatic carbocycles. The van der Waals surface area contributed by atoms with Crippen LogP contribution in [0.1, 0.15) is 25.7 Å². The fourth-order valence-corrected chi connectivity index (χ4v) is 4.76. The van der Waals surface area contributed by atoms with Crippen molar-refractivity contribution in [2.24, 2.45) is 0 Å². The van der Waals surface area contributed by atoms with Crippen LogP contribution in [0, 0.1) is 0 Å². The molecule has 2 amide bonds. The molecule has 0 fully saturated rings. The Labute approximate surface area is 353 Å². The van der Waals surface area contributed by atoms with Gasteiger partial charge in [-0.15, -0.1) is 0 Å². The Hall–Kier alpha value is -2.00. The van der Waals surface area contributed by atoms with Crippen molar-refractivity contribution < 1.29 is 167 Å². The van der Waals surface area contributed by atoms with Crippen LogP contribution in [-0.4, -0.2) is 160 Å². The van der Waals surface area contributed by atoms with Gasteiger partial charge in [-0.3, -0.25) is 9.59 Å². The van der Waals surface area contributed by atoms with Gasteiger partial charge in [0.15, 0.2) is 13.1 Å². The number of nitrogens with one attached hydrogen (secondary N) is 2. The normalized spacial score (nSPS) is 15.1. The van der Waals surface area contributed by atoms with E-state index in [4.69, 9.17) is 0 Å². The summed E-state index contributed by atoms with van der Waals surface area (Å²) in [5.41, 5.74) is 0. The molecule has 0 saturated carbocycles. The second-order valence-corrected chi connectivity index (χ2v) is 14.5. The average molecular weight is 1110 g/mol. The molecule has 6 nitrogen and oxygen atoms in total. The van der Waals surface area contributed by atoms with Gasteiger partial charge in [0.25, 0.3) is 11.8 Å². The highest BCUT2D eigenvalue weighted by Gasteiger charge is 2.92. The Morgan fingerprint density at radius 3 is 0.790 bits per heavy atom. The smallest absolute Gasteiger partial charge is 0.460 e. The van der Waals surface area contributed by atoms with Crippen LogP contribution in [0.2, 0.25) is 0 Å². The van der Waals surface area contributed by atoms with Crippen molar-refractivity contribution in [1.29, 1.82) is 0 Å². The lowest BCUT2D eigenvalue weighted by molar-refractivity contribution is -0.889. The van der Waals surface area contributed by atoms with Crippen LogP contribution in [-0.2, 0) is 9.59 Å². The first-order chi connectivity index (χ1) is 25.9. The SMILES string of the molecule is C[N+](C)(CCCC[N+](C)(C)CC(=O)NCCC(F)(F)C(F)(F)C(F)(F)C(F)(F)C(F)(F)C(F)(F)F)CC(=O)NCCC(F)(F)C(F)(F)C(F)(F)C(F)(F)C(F)(F)C(F)(F)F.[Br-].[Br-]. The summed E-state index contributed by atoms with van der Waals surface area (Å²) in [7, 11) is 5.05. The van der Waals surface area contributed by atoms with Gasteiger partial charge in [-0.1, -0.05) is 0 Å². The lowest BCUT2D eigenvalue weighted by Gasteiger charge is -2.39. The van der Waals surface area contributed by atoms with Gasteiger partial charge in [-0.05, 0) is 0 Å². The zero-order valence-electron chi connectivity index (χ0n) is 31.4. The number of amides is 2. The topological polar surface area (TPSA) is 58.2 Å². The molecule has 0 aromatic heterocycles. The molecule has 2 N–H and O–H groups in total. The zero-order valence-corrected chi connectivity index (χ0v) is 34.5. The van der Waals surface area contributed by atoms with Crippen molar-refractivity contribution in [3.63, 3.8) is 0 Å². The van der Waals surface area contributed by atoms with Gasteiger partial charge in [0.2, 0.25) is 0 Å². The number of quaternary nitrogens is 2. The molecule has 62 heavy (non-hydrogen) atoms. The first-order valence-electron chi connectivity index (χ1n) is 16.0. The number of hydrogen-bond donors (Lipinski definition) is 2. The first kappa shape index (κ1) is 64.3. The Balaban J connectivity index is -0.0000174. The van der Waals surface area contributed by atoms with Gasteiger partial charge in [0, 0.05) is 38.8 Å². The second-order valence-electron chi connectivity index (χ2n) is 14.5. The Bertz CT molecular complexity index is 1380. The fraction of sp³-hybridized carbons (Fsp3) is 0.929. The summed E-state index contributed by atoms with van der Waals surface area (Å²) >= 11 is 0. The summed E-state index contributed by atoms with van der Waals surface area (Å²) in [5.74, 6) is -78.6. The van der Waals surface area contributed by atoms with Crippen LogP contribution in [0.3, 0.4) is 0 Å². The van der Waals surface area contributed by atoms with Crippen molar-refractivity contribution in [1.82, 2.24) is 10.6 Å². The van der Waals surface area contributed by atoms with Gasteiger partial charge in [0.1, 0.15) is 0 Å². The summed E-state index contributed by atoms with van der Waals surface area (Å²) in [6.07, 6.45) is -20.4. The van der Waals surface area contributed by atoms with Crippen LogP contribution in [0.15, 0.2) is 0 Å². The number of unbranched alkanes of at least 4 members (excludes halogenated alkanes) is 1. The molecule has 0 radical (unpaired) electrons. The highest BCUT2D eigenvalue weighted by Crippen LogP contribution is 2.62. The van der Waals surface area contributed by atoms with E-state index in [0.29, 0.717) is 0 Å². The van der Waals surface area contributed by atoms with Crippen LogP contribution in [0.25, 0.3) is 0 Å². The third-order valence-electron chi connectivity index (χ3n) is 8.44. The number of likely N-dealkylation sites (N-methyl/N-ethyl adjacent to an activating group) is 2. The van der Waals surface area contributed by atoms with E-state index in [1.807, 2.05) is 0 Å². The molecule has 0 aliphatic heterocycles. The molecule has 374 valence electrons. The number of hydrogen-bond acceptors (Lipinski definition) is 2. The highest BCUT2D eigenvalue weighted by atomic mass is 79.9. The van der Waals surface area contributed by atoms with Crippen LogP contribution in [0.5, 0.6) is 0 Å². The molecule has 0 aromatic rings. The molecule has 0 saturated heterocycles. The van der Waals surface area contributed by atoms with Crippen LogP contribution in [0.4, 0.5) is 114 Å². The van der Waals surface area contributed by atoms with Crippen molar-refractivity contribution in [2.75, 3.05) is 67.5 Å². The van der Waals surface area contributed by atoms with Crippen molar-refractivity contribution in [3.8, 4) is 0 Å². The summed E-state index contributed by atoms with van der Waals surface area (Å²) < 4.78 is 343. The van der Waals surface area contributed by atoms with Crippen LogP contribution < -0.4 is 44.6 Å². The number of carbonyl (C=O) groups excluding carboxylic acids is 2. The molecular weight excluding hydrogens is 1080 g/mol. The van der Waals surface area contributed by atoms with Crippen molar-refractivity contribution >= 4 is 11.8 Å². The minimum absolute atomic E-state index is 0. The van der Waals surface area contributed by atoms with E-state index < -0.39 is 131 Å². The molecule has 0 unspecified atom stereocenters. The van der Waals surface area contributed by atoms with Gasteiger partial charge in [-0.25, -0.2) is 0 Å². The molecule has 0 heterocycles. The number of halogens is 28. The van der Waals surface area contributed by atoms with Crippen molar-refractivity contribution in [3.05, 3.63) is 0 Å². The maximum atomic E-state index is 13.9. The largest absolute Gasteiger partial charge is 1.00 e. The molecule has 0 aliphatic rings. The standard InChI is InChI=1S/C28H32F26N4O2.2BrH/c1-57(2,13-15(59)55-9-7-17(29,30)19(33,34)21(37,38)23(41,42)25(45,46)27(49,50)51)11-5-6-12-58(3,4)14-16(60)56-10-8-18(31,32)20(35,36)22(39,40)24(43,44)26(47,48)28(52,53)54;;/h5-14H2,1-4H3;2*1H. The Kier molecular flexibility index (Phi) is 20.6. The number of rotatable bonds is 23. The molecule has 0 bridgehead atoms. The van der Waals surface area contributed by atoms with E-state index in [1.165, 1.54) is 38.8 Å². The Morgan fingerprint density at radius 2 is 0.581 bits per heavy atom. The first-order valence-corrected chi connectivity index (χ1v) is 16.0. The maximum Gasteiger partial charge on any atom is 0.460 e. The molecule has 0 aromatic carbocycles. The minimum Gasteiger partial charge on any atom is -1.00 e. The van der Waals surface area contributed by atoms with E-state index in [0.717, 1.165) is 0 Å². The van der Waals surface area contributed by atoms with E-state index >= 15 is 0 Å². The van der Waals surface area contributed by atoms with E-state index in [-0.39, 0.29) is 59.9 Å². The summed E-state index contributed by atoms with van der Waals surface area (Å²) in [5, 5.41) is 3.00. The predicted octanol–water partition coefficient (Wildman–Crippen LogP) is 2.42. The maximum absolute atomic E-state index is 13.9. The van der Waals surface area contributed by atoms with Gasteiger partial charge >= 0.3 is 71.6 Å². The lowest BCUT2D eigenvalue weighted by Crippen LogP contribution is -3.00. The Morgan fingerprint density at radius 1 is 0.371 bits per heavy atom. The summed E-state index contributed by atoms with van der Waals surface area (Å²) in [6, 6.07) is 0. The quantitative estimate of drug-likeness (QED) is 0.0941. The van der Waals surface area contributed by atoms with Gasteiger partial charge in [-0.2, -0.15) is 114 Å². The number of carbonyl (C=O) groups is 2. The molecule has 0 spiro atoms. The second kappa shape index (κ2) is 19.8. The third kappa shape index (κ3) is 12.9. The highest BCUT2D eigenvalue weighted by molar-refractivity contribution is 5.77. The minimum atomic E-state index is -8.10. The molecule has 0 atom stereocenters. The third-order valence-corrected chi connectivity index (χ3v) is 8.44. The predicted molar refractivity (Wildman–Crippen MR) is 150 cm³/mol. The molecule has 34 heteroatoms. The number of nitrogens with zero attached hydrogens (tertiary/aromatic N) is 2. The summed E-state index contributed by atoms with van der Waals surface area (Å²) in [6.45, 7) is -5.10. The van der Waals surface area contributed by atoms with E-state index in [1.54, 1.807) is 0 Å². The van der Waals surface area contributed by atoms with Gasteiger partial charge < -0.3 is 53.6 Å². The van der Waals surface area contributed by atoms with Crippen molar-refractivity contribution in [2.45, 2.75) is 97.3 Å². The van der Waals surface area contributed by atoms with E-state index in [2.05, 4.69) is 0 Å². The fourth-order valence-electron chi connectivity index (χ4n) is 4.76. The molecular formula is C28H34Br2F26N4O2. The average Bonchev–Trinajstić information content (AvgIpc) is 3.00.